The Labute approximate surface area is 169 Å². The van der Waals surface area contributed by atoms with E-state index in [-0.39, 0.29) is 29.4 Å². The fraction of sp³-hybridized carbons (Fsp3) is 0.318. The van der Waals surface area contributed by atoms with Crippen LogP contribution in [-0.4, -0.2) is 38.7 Å². The first kappa shape index (κ1) is 21.9. The Morgan fingerprint density at radius 3 is 2.07 bits per heavy atom. The number of methoxy groups -OCH3 is 2. The van der Waals surface area contributed by atoms with Gasteiger partial charge in [0.15, 0.2) is 6.61 Å². The molecule has 0 saturated carbocycles. The van der Waals surface area contributed by atoms with Crippen molar-refractivity contribution in [1.29, 1.82) is 0 Å². The molecule has 2 aromatic carbocycles. The van der Waals surface area contributed by atoms with Gasteiger partial charge >= 0.3 is 17.9 Å². The molecule has 2 rings (SSSR count). The molecule has 0 heterocycles. The van der Waals surface area contributed by atoms with Crippen molar-refractivity contribution in [3.05, 3.63) is 59.2 Å². The van der Waals surface area contributed by atoms with Gasteiger partial charge < -0.3 is 18.9 Å². The van der Waals surface area contributed by atoms with Gasteiger partial charge in [0.1, 0.15) is 11.5 Å². The average Bonchev–Trinajstić information content (AvgIpc) is 2.75. The summed E-state index contributed by atoms with van der Waals surface area (Å²) in [6, 6.07) is 11.4. The standard InChI is InChI=1S/C22H24O7/c1-5-14(2)18-8-6-7-9-19(18)28-13-20(23)29-17-11-15(21(24)26-3)10-16(12-17)22(25)27-4/h6-12,14H,5,13H2,1-4H3. The molecule has 0 N–H and O–H groups in total. The fourth-order valence-electron chi connectivity index (χ4n) is 2.67. The van der Waals surface area contributed by atoms with Gasteiger partial charge in [-0.25, -0.2) is 14.4 Å². The second kappa shape index (κ2) is 10.3. The monoisotopic (exact) mass is 400 g/mol. The summed E-state index contributed by atoms with van der Waals surface area (Å²) in [6.45, 7) is 3.82. The van der Waals surface area contributed by atoms with Crippen molar-refractivity contribution in [2.75, 3.05) is 20.8 Å². The van der Waals surface area contributed by atoms with E-state index < -0.39 is 17.9 Å². The predicted molar refractivity (Wildman–Crippen MR) is 105 cm³/mol. The van der Waals surface area contributed by atoms with E-state index in [9.17, 15) is 14.4 Å². The van der Waals surface area contributed by atoms with Crippen molar-refractivity contribution < 1.29 is 33.3 Å². The fourth-order valence-corrected chi connectivity index (χ4v) is 2.67. The van der Waals surface area contributed by atoms with Gasteiger partial charge in [0.05, 0.1) is 25.3 Å². The minimum Gasteiger partial charge on any atom is -0.482 e. The number of hydrogen-bond acceptors (Lipinski definition) is 7. The molecule has 29 heavy (non-hydrogen) atoms. The van der Waals surface area contributed by atoms with Gasteiger partial charge in [0, 0.05) is 0 Å². The van der Waals surface area contributed by atoms with Crippen LogP contribution in [0.1, 0.15) is 52.5 Å². The van der Waals surface area contributed by atoms with E-state index in [0.29, 0.717) is 5.75 Å². The van der Waals surface area contributed by atoms with Gasteiger partial charge in [-0.3, -0.25) is 0 Å². The zero-order valence-corrected chi connectivity index (χ0v) is 16.9. The Morgan fingerprint density at radius 2 is 1.52 bits per heavy atom. The van der Waals surface area contributed by atoms with Crippen LogP contribution in [0.5, 0.6) is 11.5 Å². The van der Waals surface area contributed by atoms with Crippen molar-refractivity contribution in [1.82, 2.24) is 0 Å². The number of rotatable bonds is 8. The maximum Gasteiger partial charge on any atom is 0.349 e. The van der Waals surface area contributed by atoms with E-state index in [2.05, 4.69) is 23.3 Å². The molecular formula is C22H24O7. The van der Waals surface area contributed by atoms with Gasteiger partial charge in [0.25, 0.3) is 0 Å². The lowest BCUT2D eigenvalue weighted by Crippen LogP contribution is -2.19. The van der Waals surface area contributed by atoms with Gasteiger partial charge in [-0.15, -0.1) is 0 Å². The number of carbonyl (C=O) groups excluding carboxylic acids is 3. The predicted octanol–water partition coefficient (Wildman–Crippen LogP) is 3.76. The number of ether oxygens (including phenoxy) is 4. The molecular weight excluding hydrogens is 376 g/mol. The highest BCUT2D eigenvalue weighted by Gasteiger charge is 2.17. The molecule has 0 bridgehead atoms. The second-order valence-corrected chi connectivity index (χ2v) is 6.34. The summed E-state index contributed by atoms with van der Waals surface area (Å²) in [4.78, 5) is 35.9. The third-order valence-electron chi connectivity index (χ3n) is 4.39. The highest BCUT2D eigenvalue weighted by Crippen LogP contribution is 2.28. The van der Waals surface area contributed by atoms with E-state index in [1.54, 1.807) is 6.07 Å². The van der Waals surface area contributed by atoms with E-state index in [4.69, 9.17) is 9.47 Å². The zero-order valence-electron chi connectivity index (χ0n) is 16.9. The van der Waals surface area contributed by atoms with Crippen LogP contribution < -0.4 is 9.47 Å². The summed E-state index contributed by atoms with van der Waals surface area (Å²) in [5.41, 5.74) is 1.12. The second-order valence-electron chi connectivity index (χ2n) is 6.34. The number of benzene rings is 2. The highest BCUT2D eigenvalue weighted by molar-refractivity contribution is 5.96. The van der Waals surface area contributed by atoms with Gasteiger partial charge in [-0.1, -0.05) is 32.0 Å². The first-order valence-corrected chi connectivity index (χ1v) is 9.13. The van der Waals surface area contributed by atoms with Crippen LogP contribution in [0.25, 0.3) is 0 Å². The van der Waals surface area contributed by atoms with Crippen molar-refractivity contribution >= 4 is 17.9 Å². The molecule has 1 atom stereocenters. The van der Waals surface area contributed by atoms with Crippen molar-refractivity contribution in [2.45, 2.75) is 26.2 Å². The molecule has 0 saturated heterocycles. The maximum absolute atomic E-state index is 12.3. The van der Waals surface area contributed by atoms with Crippen LogP contribution >= 0.6 is 0 Å². The van der Waals surface area contributed by atoms with Crippen LogP contribution in [-0.2, 0) is 14.3 Å². The summed E-state index contributed by atoms with van der Waals surface area (Å²) in [6.07, 6.45) is 0.932. The third kappa shape index (κ3) is 5.81. The Morgan fingerprint density at radius 1 is 0.931 bits per heavy atom. The first-order valence-electron chi connectivity index (χ1n) is 9.13. The molecule has 0 aliphatic heterocycles. The molecule has 0 aliphatic carbocycles. The van der Waals surface area contributed by atoms with Crippen molar-refractivity contribution in [3.8, 4) is 11.5 Å². The van der Waals surface area contributed by atoms with Gasteiger partial charge in [-0.05, 0) is 42.2 Å². The summed E-state index contributed by atoms with van der Waals surface area (Å²) < 4.78 is 20.2. The van der Waals surface area contributed by atoms with E-state index in [1.165, 1.54) is 32.4 Å². The Hall–Kier alpha value is -3.35. The normalized spacial score (nSPS) is 11.3. The van der Waals surface area contributed by atoms with Crippen LogP contribution in [0.4, 0.5) is 0 Å². The molecule has 0 radical (unpaired) electrons. The number of hydrogen-bond donors (Lipinski definition) is 0. The molecule has 0 aromatic heterocycles. The lowest BCUT2D eigenvalue weighted by molar-refractivity contribution is -0.136. The third-order valence-corrected chi connectivity index (χ3v) is 4.39. The quantitative estimate of drug-likeness (QED) is 0.492. The Kier molecular flexibility index (Phi) is 7.77. The molecule has 2 aromatic rings. The smallest absolute Gasteiger partial charge is 0.349 e. The minimum atomic E-state index is -0.679. The Bertz CT molecular complexity index is 854. The lowest BCUT2D eigenvalue weighted by Gasteiger charge is -2.15. The van der Waals surface area contributed by atoms with Crippen molar-refractivity contribution in [3.63, 3.8) is 0 Å². The number of para-hydroxylation sites is 1. The minimum absolute atomic E-state index is 0.0112. The van der Waals surface area contributed by atoms with E-state index in [1.807, 2.05) is 18.2 Å². The summed E-state index contributed by atoms with van der Waals surface area (Å²) >= 11 is 0. The Balaban J connectivity index is 2.15. The maximum atomic E-state index is 12.3. The lowest BCUT2D eigenvalue weighted by atomic mass is 9.98. The highest BCUT2D eigenvalue weighted by atomic mass is 16.6. The average molecular weight is 400 g/mol. The van der Waals surface area contributed by atoms with E-state index >= 15 is 0 Å². The largest absolute Gasteiger partial charge is 0.482 e. The SMILES string of the molecule is CCC(C)c1ccccc1OCC(=O)Oc1cc(C(=O)OC)cc(C(=O)OC)c1. The molecule has 0 aliphatic rings. The molecule has 7 heteroatoms. The molecule has 0 spiro atoms. The molecule has 0 fully saturated rings. The molecule has 7 nitrogen and oxygen atoms in total. The van der Waals surface area contributed by atoms with Crippen LogP contribution in [0.15, 0.2) is 42.5 Å². The summed E-state index contributed by atoms with van der Waals surface area (Å²) in [7, 11) is 2.42. The summed E-state index contributed by atoms with van der Waals surface area (Å²) in [5, 5.41) is 0. The van der Waals surface area contributed by atoms with Crippen LogP contribution in [0.3, 0.4) is 0 Å². The summed E-state index contributed by atoms with van der Waals surface area (Å²) in [5.74, 6) is -1.13. The first-order chi connectivity index (χ1) is 13.9. The van der Waals surface area contributed by atoms with E-state index in [0.717, 1.165) is 12.0 Å². The molecule has 154 valence electrons. The topological polar surface area (TPSA) is 88.1 Å². The van der Waals surface area contributed by atoms with Crippen molar-refractivity contribution in [2.24, 2.45) is 0 Å². The van der Waals surface area contributed by atoms with Gasteiger partial charge in [0.2, 0.25) is 0 Å². The zero-order chi connectivity index (χ0) is 21.4. The molecule has 0 amide bonds. The number of carbonyl (C=O) groups is 3. The van der Waals surface area contributed by atoms with Gasteiger partial charge in [-0.2, -0.15) is 0 Å². The van der Waals surface area contributed by atoms with Crippen LogP contribution in [0.2, 0.25) is 0 Å². The molecule has 1 unspecified atom stereocenters. The number of esters is 3. The van der Waals surface area contributed by atoms with Crippen LogP contribution in [0, 0.1) is 0 Å².